The van der Waals surface area contributed by atoms with Crippen LogP contribution in [0.2, 0.25) is 0 Å². The summed E-state index contributed by atoms with van der Waals surface area (Å²) in [4.78, 5) is 36.6. The Morgan fingerprint density at radius 1 is 1.00 bits per heavy atom. The number of rotatable bonds is 7. The number of carbonyl (C=O) groups excluding carboxylic acids is 2. The van der Waals surface area contributed by atoms with Gasteiger partial charge < -0.3 is 10.1 Å². The van der Waals surface area contributed by atoms with E-state index in [0.29, 0.717) is 18.7 Å². The first-order chi connectivity index (χ1) is 13.5. The van der Waals surface area contributed by atoms with Crippen LogP contribution in [0.1, 0.15) is 29.3 Å². The molecule has 0 aliphatic carbocycles. The lowest BCUT2D eigenvalue weighted by Gasteiger charge is -2.07. The molecule has 0 aliphatic rings. The number of amides is 1. The molecule has 1 heterocycles. The maximum Gasteiger partial charge on any atom is 0.337 e. The van der Waals surface area contributed by atoms with Gasteiger partial charge in [-0.1, -0.05) is 31.2 Å². The Hall–Kier alpha value is -3.35. The van der Waals surface area contributed by atoms with E-state index in [9.17, 15) is 14.4 Å². The minimum absolute atomic E-state index is 0.0453. The number of ether oxygens (including phenoxy) is 1. The number of aryl methyl sites for hydroxylation is 1. The summed E-state index contributed by atoms with van der Waals surface area (Å²) in [6.45, 7) is 2.89. The molecule has 1 N–H and O–H groups in total. The zero-order valence-electron chi connectivity index (χ0n) is 16.0. The highest BCUT2D eigenvalue weighted by Gasteiger charge is 2.14. The zero-order chi connectivity index (χ0) is 20.1. The summed E-state index contributed by atoms with van der Waals surface area (Å²) in [6.07, 6.45) is 0.835. The SMILES string of the molecule is CCCn1c(=O)n(CC(=O)NCc2ccc(C(=O)OC)cc2)c2ccccc21. The van der Waals surface area contributed by atoms with Crippen molar-refractivity contribution < 1.29 is 14.3 Å². The molecule has 2 aromatic carbocycles. The van der Waals surface area contributed by atoms with E-state index < -0.39 is 5.97 Å². The second kappa shape index (κ2) is 8.56. The average molecular weight is 381 g/mol. The summed E-state index contributed by atoms with van der Waals surface area (Å²) >= 11 is 0. The maximum absolute atomic E-state index is 12.7. The Morgan fingerprint density at radius 3 is 2.25 bits per heavy atom. The summed E-state index contributed by atoms with van der Waals surface area (Å²) in [5.41, 5.74) is 2.70. The van der Waals surface area contributed by atoms with Gasteiger partial charge in [0.25, 0.3) is 0 Å². The van der Waals surface area contributed by atoms with Crippen LogP contribution < -0.4 is 11.0 Å². The van der Waals surface area contributed by atoms with Crippen molar-refractivity contribution in [3.05, 3.63) is 70.1 Å². The summed E-state index contributed by atoms with van der Waals surface area (Å²) in [7, 11) is 1.33. The number of carbonyl (C=O) groups is 2. The first kappa shape index (κ1) is 19.4. The molecule has 1 aromatic heterocycles. The molecular formula is C21H23N3O4. The van der Waals surface area contributed by atoms with Gasteiger partial charge >= 0.3 is 11.7 Å². The van der Waals surface area contributed by atoms with Gasteiger partial charge in [-0.2, -0.15) is 0 Å². The molecule has 1 amide bonds. The van der Waals surface area contributed by atoms with E-state index in [1.165, 1.54) is 11.7 Å². The summed E-state index contributed by atoms with van der Waals surface area (Å²) in [6, 6.07) is 14.3. The van der Waals surface area contributed by atoms with Crippen molar-refractivity contribution in [3.8, 4) is 0 Å². The Balaban J connectivity index is 1.71. The number of methoxy groups -OCH3 is 1. The van der Waals surface area contributed by atoms with Crippen LogP contribution in [0.5, 0.6) is 0 Å². The van der Waals surface area contributed by atoms with Crippen LogP contribution in [0.3, 0.4) is 0 Å². The Kier molecular flexibility index (Phi) is 5.93. The van der Waals surface area contributed by atoms with Crippen molar-refractivity contribution in [2.75, 3.05) is 7.11 Å². The van der Waals surface area contributed by atoms with E-state index in [2.05, 4.69) is 10.1 Å². The molecule has 0 radical (unpaired) electrons. The monoisotopic (exact) mass is 381 g/mol. The first-order valence-corrected chi connectivity index (χ1v) is 9.17. The van der Waals surface area contributed by atoms with Crippen LogP contribution in [0.4, 0.5) is 0 Å². The molecule has 7 nitrogen and oxygen atoms in total. The maximum atomic E-state index is 12.7. The number of para-hydroxylation sites is 2. The normalized spacial score (nSPS) is 10.8. The van der Waals surface area contributed by atoms with Gasteiger partial charge in [0.15, 0.2) is 0 Å². The van der Waals surface area contributed by atoms with Crippen LogP contribution in [-0.2, 0) is 29.2 Å². The fourth-order valence-electron chi connectivity index (χ4n) is 3.14. The Labute approximate surface area is 162 Å². The van der Waals surface area contributed by atoms with Gasteiger partial charge in [0.2, 0.25) is 5.91 Å². The Morgan fingerprint density at radius 2 is 1.64 bits per heavy atom. The van der Waals surface area contributed by atoms with Crippen molar-refractivity contribution in [1.29, 1.82) is 0 Å². The number of benzene rings is 2. The van der Waals surface area contributed by atoms with Crippen LogP contribution >= 0.6 is 0 Å². The summed E-state index contributed by atoms with van der Waals surface area (Å²) < 4.78 is 7.87. The van der Waals surface area contributed by atoms with Gasteiger partial charge in [-0.25, -0.2) is 9.59 Å². The molecule has 7 heteroatoms. The molecule has 0 spiro atoms. The van der Waals surface area contributed by atoms with Gasteiger partial charge in [0.05, 0.1) is 23.7 Å². The summed E-state index contributed by atoms with van der Waals surface area (Å²) in [5.74, 6) is -0.656. The number of esters is 1. The van der Waals surface area contributed by atoms with E-state index in [4.69, 9.17) is 0 Å². The molecule has 0 atom stereocenters. The van der Waals surface area contributed by atoms with Gasteiger partial charge in [-0.05, 0) is 36.2 Å². The molecule has 0 unspecified atom stereocenters. The molecule has 0 aliphatic heterocycles. The van der Waals surface area contributed by atoms with Crippen LogP contribution in [0, 0.1) is 0 Å². The molecule has 0 bridgehead atoms. The van der Waals surface area contributed by atoms with E-state index in [0.717, 1.165) is 23.0 Å². The fraction of sp³-hybridized carbons (Fsp3) is 0.286. The highest BCUT2D eigenvalue weighted by Crippen LogP contribution is 2.13. The molecule has 0 fully saturated rings. The van der Waals surface area contributed by atoms with Crippen LogP contribution in [0.15, 0.2) is 53.3 Å². The number of fused-ring (bicyclic) bond motifs is 1. The molecule has 146 valence electrons. The lowest BCUT2D eigenvalue weighted by atomic mass is 10.1. The van der Waals surface area contributed by atoms with Crippen molar-refractivity contribution in [2.24, 2.45) is 0 Å². The van der Waals surface area contributed by atoms with Crippen molar-refractivity contribution in [1.82, 2.24) is 14.5 Å². The van der Waals surface area contributed by atoms with Crippen molar-refractivity contribution in [3.63, 3.8) is 0 Å². The highest BCUT2D eigenvalue weighted by molar-refractivity contribution is 5.89. The smallest absolute Gasteiger partial charge is 0.337 e. The van der Waals surface area contributed by atoms with E-state index in [-0.39, 0.29) is 18.1 Å². The van der Waals surface area contributed by atoms with Gasteiger partial charge in [-0.15, -0.1) is 0 Å². The molecule has 3 rings (SSSR count). The standard InChI is InChI=1S/C21H23N3O4/c1-3-12-23-17-6-4-5-7-18(17)24(21(23)27)14-19(25)22-13-15-8-10-16(11-9-15)20(26)28-2/h4-11H,3,12-14H2,1-2H3,(H,22,25). The number of hydrogen-bond acceptors (Lipinski definition) is 4. The number of aromatic nitrogens is 2. The van der Waals surface area contributed by atoms with Crippen molar-refractivity contribution >= 4 is 22.9 Å². The van der Waals surface area contributed by atoms with E-state index >= 15 is 0 Å². The third-order valence-corrected chi connectivity index (χ3v) is 4.54. The zero-order valence-corrected chi connectivity index (χ0v) is 16.0. The minimum atomic E-state index is -0.404. The topological polar surface area (TPSA) is 82.3 Å². The first-order valence-electron chi connectivity index (χ1n) is 9.17. The molecular weight excluding hydrogens is 358 g/mol. The average Bonchev–Trinajstić information content (AvgIpc) is 2.98. The van der Waals surface area contributed by atoms with Crippen LogP contribution in [-0.4, -0.2) is 28.1 Å². The number of nitrogens with zero attached hydrogens (tertiary/aromatic N) is 2. The molecule has 0 saturated carbocycles. The van der Waals surface area contributed by atoms with E-state index in [1.807, 2.05) is 31.2 Å². The fourth-order valence-corrected chi connectivity index (χ4v) is 3.14. The predicted octanol–water partition coefficient (Wildman–Crippen LogP) is 2.32. The van der Waals surface area contributed by atoms with Gasteiger partial charge in [-0.3, -0.25) is 13.9 Å². The molecule has 0 saturated heterocycles. The largest absolute Gasteiger partial charge is 0.465 e. The van der Waals surface area contributed by atoms with Crippen molar-refractivity contribution in [2.45, 2.75) is 33.0 Å². The lowest BCUT2D eigenvalue weighted by molar-refractivity contribution is -0.121. The minimum Gasteiger partial charge on any atom is -0.465 e. The lowest BCUT2D eigenvalue weighted by Crippen LogP contribution is -2.32. The second-order valence-corrected chi connectivity index (χ2v) is 6.47. The highest BCUT2D eigenvalue weighted by atomic mass is 16.5. The number of hydrogen-bond donors (Lipinski definition) is 1. The predicted molar refractivity (Wildman–Crippen MR) is 106 cm³/mol. The Bertz CT molecular complexity index is 1050. The molecule has 28 heavy (non-hydrogen) atoms. The van der Waals surface area contributed by atoms with Crippen LogP contribution in [0.25, 0.3) is 11.0 Å². The van der Waals surface area contributed by atoms with Gasteiger partial charge in [0, 0.05) is 13.1 Å². The third-order valence-electron chi connectivity index (χ3n) is 4.54. The summed E-state index contributed by atoms with van der Waals surface area (Å²) in [5, 5.41) is 2.82. The molecule has 3 aromatic rings. The van der Waals surface area contributed by atoms with Gasteiger partial charge in [0.1, 0.15) is 6.54 Å². The third kappa shape index (κ3) is 3.98. The number of nitrogens with one attached hydrogen (secondary N) is 1. The second-order valence-electron chi connectivity index (χ2n) is 6.47. The quantitative estimate of drug-likeness (QED) is 0.637. The number of imidazole rings is 1. The van der Waals surface area contributed by atoms with E-state index in [1.54, 1.807) is 28.8 Å².